The third-order valence-electron chi connectivity index (χ3n) is 19.1. The van der Waals surface area contributed by atoms with Gasteiger partial charge in [-0.15, -0.1) is 0 Å². The lowest BCUT2D eigenvalue weighted by Crippen LogP contribution is -2.65. The molecule has 14 heteroatoms. The SMILES string of the molecule is CC/C=C\C/C=C\C/C=C\C/C=C\C/C=C\C/C=C\C/C=C\C/C=C\C/C=C\C/C=C\C/C=C\C/C=C\CCCCCCC(=O)NC(COC1OC(CO)C(OC2OC(CO)C(O)C(O)C2O)C(O)C1O)C(O)CCCCCCCCCCCCCCCCCCCCCCCCCCCCC. The molecule has 0 aromatic carbocycles. The van der Waals surface area contributed by atoms with E-state index in [-0.39, 0.29) is 18.9 Å². The van der Waals surface area contributed by atoms with Gasteiger partial charge in [0.15, 0.2) is 12.6 Å². The number of hydrogen-bond donors (Lipinski definition) is 9. The molecule has 2 fully saturated rings. The molecular weight excluding hydrogens is 1280 g/mol. The van der Waals surface area contributed by atoms with Crippen molar-refractivity contribution in [2.45, 2.75) is 383 Å². The number of allylic oxidation sites excluding steroid dienone is 24. The highest BCUT2D eigenvalue weighted by atomic mass is 16.7. The Bertz CT molecular complexity index is 2280. The predicted molar refractivity (Wildman–Crippen MR) is 424 cm³/mol. The highest BCUT2D eigenvalue weighted by Gasteiger charge is 2.51. The van der Waals surface area contributed by atoms with Crippen LogP contribution in [0.5, 0.6) is 0 Å². The van der Waals surface area contributed by atoms with Crippen LogP contribution in [0.4, 0.5) is 0 Å². The summed E-state index contributed by atoms with van der Waals surface area (Å²) in [5, 5.41) is 87.9. The standard InChI is InChI=1S/C88H149NO13/c1-3-5-7-9-11-13-15-17-19-21-23-25-27-29-31-32-33-34-35-36-37-38-39-40-41-42-43-44-46-48-50-52-54-56-58-60-62-64-66-68-70-72-80(93)89-76(75-99-87-85(98)83(96)86(79(74-91)101-87)102-88-84(97)82(95)81(94)78(73-90)100-88)77(92)71-69-67-65-63-61-59-57-55-53-51-49-47-45-30-28-26-24-22-20-18-16-14-12-10-8-6-4-2/h5,7,11,13,17,19,23,25,29,31,33-34,36-37,39-40,42-43,46,48,52,54,58,60,76-79,81-88,90-92,94-98H,3-4,6,8-10,12,14-16,18,20-22,24,26-28,30,32,35,38,41,44-45,47,49-51,53,55-57,59,61-75H2,1-2H3,(H,89,93)/b7-5-,13-11-,19-17-,25-23-,31-29-,34-33-,37-36-,40-39-,43-42-,48-46-,54-52-,60-58-. The fraction of sp³-hybridized carbons (Fsp3) is 0.716. The molecule has 0 aliphatic carbocycles. The zero-order valence-corrected chi connectivity index (χ0v) is 64.1. The summed E-state index contributed by atoms with van der Waals surface area (Å²) < 4.78 is 23.0. The molecule has 14 nitrogen and oxygen atoms in total. The molecule has 0 spiro atoms. The first-order valence-corrected chi connectivity index (χ1v) is 41.1. The van der Waals surface area contributed by atoms with Crippen molar-refractivity contribution in [1.82, 2.24) is 5.32 Å². The van der Waals surface area contributed by atoms with Crippen molar-refractivity contribution < 1.29 is 64.6 Å². The minimum Gasteiger partial charge on any atom is -0.394 e. The molecule has 9 N–H and O–H groups in total. The number of hydrogen-bond acceptors (Lipinski definition) is 13. The maximum atomic E-state index is 13.4. The molecule has 584 valence electrons. The van der Waals surface area contributed by atoms with Crippen LogP contribution in [-0.2, 0) is 23.7 Å². The van der Waals surface area contributed by atoms with Crippen LogP contribution in [0.15, 0.2) is 146 Å². The maximum Gasteiger partial charge on any atom is 0.220 e. The lowest BCUT2D eigenvalue weighted by atomic mass is 9.97. The van der Waals surface area contributed by atoms with E-state index in [4.69, 9.17) is 18.9 Å². The van der Waals surface area contributed by atoms with Crippen molar-refractivity contribution in [3.8, 4) is 0 Å². The van der Waals surface area contributed by atoms with E-state index >= 15 is 0 Å². The van der Waals surface area contributed by atoms with E-state index < -0.39 is 86.8 Å². The number of carbonyl (C=O) groups is 1. The molecule has 2 heterocycles. The number of amides is 1. The van der Waals surface area contributed by atoms with Crippen molar-refractivity contribution in [3.63, 3.8) is 0 Å². The molecule has 0 aromatic rings. The Morgan fingerprint density at radius 1 is 0.363 bits per heavy atom. The molecule has 2 aliphatic rings. The molecule has 0 aromatic heterocycles. The maximum absolute atomic E-state index is 13.4. The molecule has 12 atom stereocenters. The van der Waals surface area contributed by atoms with Crippen LogP contribution in [0.3, 0.4) is 0 Å². The average molecular weight is 1430 g/mol. The van der Waals surface area contributed by atoms with Crippen LogP contribution in [0.2, 0.25) is 0 Å². The lowest BCUT2D eigenvalue weighted by Gasteiger charge is -2.46. The van der Waals surface area contributed by atoms with Crippen LogP contribution >= 0.6 is 0 Å². The molecule has 0 bridgehead atoms. The molecular formula is C88H149NO13. The van der Waals surface area contributed by atoms with Crippen LogP contribution < -0.4 is 5.32 Å². The molecule has 0 radical (unpaired) electrons. The van der Waals surface area contributed by atoms with Crippen molar-refractivity contribution in [3.05, 3.63) is 146 Å². The van der Waals surface area contributed by atoms with E-state index in [2.05, 4.69) is 165 Å². The van der Waals surface area contributed by atoms with Gasteiger partial charge in [0.25, 0.3) is 0 Å². The fourth-order valence-corrected chi connectivity index (χ4v) is 12.6. The highest BCUT2D eigenvalue weighted by Crippen LogP contribution is 2.30. The van der Waals surface area contributed by atoms with Crippen LogP contribution in [0.1, 0.15) is 309 Å². The van der Waals surface area contributed by atoms with E-state index in [1.807, 2.05) is 0 Å². The molecule has 12 unspecified atom stereocenters. The first kappa shape index (κ1) is 94.0. The number of unbranched alkanes of at least 4 members (excludes halogenated alkanes) is 30. The summed E-state index contributed by atoms with van der Waals surface area (Å²) in [7, 11) is 0. The topological polar surface area (TPSA) is 228 Å². The Kier molecular flexibility index (Phi) is 64.4. The van der Waals surface area contributed by atoms with Gasteiger partial charge in [-0.2, -0.15) is 0 Å². The third kappa shape index (κ3) is 52.0. The van der Waals surface area contributed by atoms with Gasteiger partial charge in [-0.05, 0) is 103 Å². The second kappa shape index (κ2) is 69.9. The van der Waals surface area contributed by atoms with Gasteiger partial charge in [-0.1, -0.05) is 346 Å². The van der Waals surface area contributed by atoms with Crippen molar-refractivity contribution in [1.29, 1.82) is 0 Å². The lowest BCUT2D eigenvalue weighted by molar-refractivity contribution is -0.359. The summed E-state index contributed by atoms with van der Waals surface area (Å²) in [5.74, 6) is -0.233. The minimum absolute atomic E-state index is 0.233. The Hall–Kier alpha value is -4.13. The predicted octanol–water partition coefficient (Wildman–Crippen LogP) is 19.1. The quantitative estimate of drug-likeness (QED) is 0.0204. The van der Waals surface area contributed by atoms with E-state index in [1.165, 1.54) is 148 Å². The normalized spacial score (nSPS) is 22.5. The molecule has 0 saturated carbocycles. The second-order valence-corrected chi connectivity index (χ2v) is 28.2. The van der Waals surface area contributed by atoms with E-state index in [0.29, 0.717) is 12.8 Å². The minimum atomic E-state index is -1.79. The van der Waals surface area contributed by atoms with Gasteiger partial charge in [0.1, 0.15) is 48.8 Å². The van der Waals surface area contributed by atoms with Gasteiger partial charge < -0.3 is 65.1 Å². The monoisotopic (exact) mass is 1430 g/mol. The number of nitrogens with one attached hydrogen (secondary N) is 1. The Labute approximate surface area is 621 Å². The molecule has 2 rings (SSSR count). The molecule has 1 amide bonds. The van der Waals surface area contributed by atoms with Gasteiger partial charge in [-0.25, -0.2) is 0 Å². The van der Waals surface area contributed by atoms with Gasteiger partial charge in [0.05, 0.1) is 32.0 Å². The summed E-state index contributed by atoms with van der Waals surface area (Å²) in [4.78, 5) is 13.4. The average Bonchev–Trinajstić information content (AvgIpc) is 0.790. The summed E-state index contributed by atoms with van der Waals surface area (Å²) in [6, 6.07) is -0.856. The van der Waals surface area contributed by atoms with Gasteiger partial charge in [0.2, 0.25) is 5.91 Å². The smallest absolute Gasteiger partial charge is 0.220 e. The Morgan fingerprint density at radius 3 is 1.04 bits per heavy atom. The third-order valence-corrected chi connectivity index (χ3v) is 19.1. The number of aliphatic hydroxyl groups is 8. The van der Waals surface area contributed by atoms with Crippen molar-refractivity contribution in [2.24, 2.45) is 0 Å². The highest BCUT2D eigenvalue weighted by molar-refractivity contribution is 5.76. The first-order valence-electron chi connectivity index (χ1n) is 41.1. The zero-order valence-electron chi connectivity index (χ0n) is 64.1. The molecule has 2 aliphatic heterocycles. The summed E-state index contributed by atoms with van der Waals surface area (Å²) >= 11 is 0. The second-order valence-electron chi connectivity index (χ2n) is 28.2. The fourth-order valence-electron chi connectivity index (χ4n) is 12.6. The van der Waals surface area contributed by atoms with Gasteiger partial charge in [-0.3, -0.25) is 4.79 Å². The molecule has 102 heavy (non-hydrogen) atoms. The Balaban J connectivity index is 1.64. The Morgan fingerprint density at radius 2 is 0.676 bits per heavy atom. The van der Waals surface area contributed by atoms with E-state index in [1.54, 1.807) is 0 Å². The summed E-state index contributed by atoms with van der Waals surface area (Å²) in [5.41, 5.74) is 0. The van der Waals surface area contributed by atoms with Crippen molar-refractivity contribution in [2.75, 3.05) is 19.8 Å². The number of ether oxygens (including phenoxy) is 4. The summed E-state index contributed by atoms with van der Waals surface area (Å²) in [6.45, 7) is 2.76. The number of rotatable bonds is 67. The van der Waals surface area contributed by atoms with Crippen molar-refractivity contribution >= 4 is 5.91 Å². The van der Waals surface area contributed by atoms with E-state index in [0.717, 1.165) is 128 Å². The van der Waals surface area contributed by atoms with Gasteiger partial charge >= 0.3 is 0 Å². The summed E-state index contributed by atoms with van der Waals surface area (Å²) in [6.07, 6.45) is 88.8. The van der Waals surface area contributed by atoms with E-state index in [9.17, 15) is 45.6 Å². The van der Waals surface area contributed by atoms with Crippen LogP contribution in [-0.4, -0.2) is 140 Å². The van der Waals surface area contributed by atoms with Crippen LogP contribution in [0, 0.1) is 0 Å². The number of carbonyl (C=O) groups excluding carboxylic acids is 1. The molecule has 2 saturated heterocycles. The number of aliphatic hydroxyl groups excluding tert-OH is 8. The van der Waals surface area contributed by atoms with Crippen LogP contribution in [0.25, 0.3) is 0 Å². The first-order chi connectivity index (χ1) is 50.1. The largest absolute Gasteiger partial charge is 0.394 e. The zero-order chi connectivity index (χ0) is 73.7. The van der Waals surface area contributed by atoms with Gasteiger partial charge in [0, 0.05) is 6.42 Å².